The van der Waals surface area contributed by atoms with Gasteiger partial charge in [-0.15, -0.1) is 0 Å². The van der Waals surface area contributed by atoms with Gasteiger partial charge in [-0.2, -0.15) is 0 Å². The van der Waals surface area contributed by atoms with Crippen LogP contribution in [0.4, 0.5) is 5.82 Å². The molecule has 0 spiro atoms. The Kier molecular flexibility index (Phi) is 4.40. The van der Waals surface area contributed by atoms with E-state index >= 15 is 0 Å². The predicted octanol–water partition coefficient (Wildman–Crippen LogP) is 1.21. The van der Waals surface area contributed by atoms with Crippen molar-refractivity contribution in [2.24, 2.45) is 0 Å². The normalized spacial score (nSPS) is 17.8. The lowest BCUT2D eigenvalue weighted by molar-refractivity contribution is 0.0493. The average Bonchev–Trinajstić information content (AvgIpc) is 3.09. The van der Waals surface area contributed by atoms with E-state index in [-0.39, 0.29) is 17.8 Å². The van der Waals surface area contributed by atoms with Gasteiger partial charge in [-0.3, -0.25) is 4.79 Å². The summed E-state index contributed by atoms with van der Waals surface area (Å²) in [5, 5.41) is 3.58. The maximum Gasteiger partial charge on any atom is 0.292 e. The summed E-state index contributed by atoms with van der Waals surface area (Å²) < 4.78 is 10.9. The van der Waals surface area contributed by atoms with Crippen LogP contribution in [0.25, 0.3) is 0 Å². The van der Waals surface area contributed by atoms with Crippen LogP contribution >= 0.6 is 0 Å². The number of carbonyl (C=O) groups excluding carboxylic acids is 1. The number of aromatic nitrogens is 3. The zero-order valence-electron chi connectivity index (χ0n) is 13.2. The molecular weight excluding hydrogens is 298 g/mol. The number of hydrogen-bond acceptors (Lipinski definition) is 7. The maximum absolute atomic E-state index is 12.3. The molecule has 1 amide bonds. The SMILES string of the molecule is CN(C)c1nccnc1O[C@H]1CCCN(C(=O)c2ccno2)C1. The first-order valence-corrected chi connectivity index (χ1v) is 7.50. The number of hydrogen-bond donors (Lipinski definition) is 0. The van der Waals surface area contributed by atoms with Gasteiger partial charge < -0.3 is 19.1 Å². The van der Waals surface area contributed by atoms with E-state index in [2.05, 4.69) is 15.1 Å². The third kappa shape index (κ3) is 3.41. The van der Waals surface area contributed by atoms with Crippen molar-refractivity contribution < 1.29 is 14.1 Å². The molecule has 0 aliphatic carbocycles. The minimum absolute atomic E-state index is 0.119. The fourth-order valence-corrected chi connectivity index (χ4v) is 2.57. The van der Waals surface area contributed by atoms with Crippen LogP contribution in [0.2, 0.25) is 0 Å². The lowest BCUT2D eigenvalue weighted by atomic mass is 10.1. The molecule has 122 valence electrons. The topological polar surface area (TPSA) is 84.6 Å². The Labute approximate surface area is 134 Å². The molecule has 2 aromatic rings. The summed E-state index contributed by atoms with van der Waals surface area (Å²) >= 11 is 0. The Hall–Kier alpha value is -2.64. The molecule has 0 bridgehead atoms. The second-order valence-corrected chi connectivity index (χ2v) is 5.59. The van der Waals surface area contributed by atoms with Gasteiger partial charge in [0.05, 0.1) is 12.7 Å². The Morgan fingerprint density at radius 1 is 1.35 bits per heavy atom. The van der Waals surface area contributed by atoms with Crippen molar-refractivity contribution in [3.8, 4) is 5.88 Å². The van der Waals surface area contributed by atoms with Gasteiger partial charge in [0.1, 0.15) is 6.10 Å². The van der Waals surface area contributed by atoms with Crippen LogP contribution < -0.4 is 9.64 Å². The highest BCUT2D eigenvalue weighted by atomic mass is 16.5. The van der Waals surface area contributed by atoms with E-state index in [4.69, 9.17) is 9.26 Å². The number of rotatable bonds is 4. The van der Waals surface area contributed by atoms with E-state index in [0.29, 0.717) is 24.8 Å². The molecule has 23 heavy (non-hydrogen) atoms. The number of likely N-dealkylation sites (tertiary alicyclic amines) is 1. The average molecular weight is 317 g/mol. The van der Waals surface area contributed by atoms with Crippen molar-refractivity contribution >= 4 is 11.7 Å². The number of nitrogens with zero attached hydrogens (tertiary/aromatic N) is 5. The molecule has 8 heteroatoms. The Bertz CT molecular complexity index is 659. The highest BCUT2D eigenvalue weighted by Crippen LogP contribution is 2.24. The van der Waals surface area contributed by atoms with Gasteiger partial charge in [0.25, 0.3) is 11.8 Å². The van der Waals surface area contributed by atoms with Crippen molar-refractivity contribution in [2.45, 2.75) is 18.9 Å². The summed E-state index contributed by atoms with van der Waals surface area (Å²) in [6, 6.07) is 1.57. The highest BCUT2D eigenvalue weighted by molar-refractivity contribution is 5.91. The van der Waals surface area contributed by atoms with E-state index < -0.39 is 0 Å². The molecule has 3 heterocycles. The number of carbonyl (C=O) groups is 1. The van der Waals surface area contributed by atoms with Crippen LogP contribution in [0.3, 0.4) is 0 Å². The van der Waals surface area contributed by atoms with Crippen LogP contribution in [0.15, 0.2) is 29.2 Å². The van der Waals surface area contributed by atoms with Crippen molar-refractivity contribution in [3.63, 3.8) is 0 Å². The van der Waals surface area contributed by atoms with Crippen molar-refractivity contribution in [1.82, 2.24) is 20.0 Å². The van der Waals surface area contributed by atoms with E-state index in [0.717, 1.165) is 12.8 Å². The Morgan fingerprint density at radius 2 is 2.17 bits per heavy atom. The number of ether oxygens (including phenoxy) is 1. The zero-order chi connectivity index (χ0) is 16.2. The van der Waals surface area contributed by atoms with Gasteiger partial charge in [-0.05, 0) is 12.8 Å². The second-order valence-electron chi connectivity index (χ2n) is 5.59. The van der Waals surface area contributed by atoms with Gasteiger partial charge in [-0.25, -0.2) is 9.97 Å². The molecule has 0 N–H and O–H groups in total. The molecule has 0 saturated carbocycles. The molecule has 1 atom stereocenters. The summed E-state index contributed by atoms with van der Waals surface area (Å²) in [6.07, 6.45) is 6.30. The monoisotopic (exact) mass is 317 g/mol. The minimum atomic E-state index is -0.164. The molecule has 2 aromatic heterocycles. The summed E-state index contributed by atoms with van der Waals surface area (Å²) in [6.45, 7) is 1.17. The highest BCUT2D eigenvalue weighted by Gasteiger charge is 2.28. The zero-order valence-corrected chi connectivity index (χ0v) is 13.2. The van der Waals surface area contributed by atoms with Gasteiger partial charge in [0.2, 0.25) is 5.76 Å². The number of amides is 1. The molecule has 8 nitrogen and oxygen atoms in total. The standard InChI is InChI=1S/C15H19N5O3/c1-19(2)13-14(17-8-7-16-13)22-11-4-3-9-20(10-11)15(21)12-5-6-18-23-12/h5-8,11H,3-4,9-10H2,1-2H3/t11-/m0/s1. The molecule has 1 fully saturated rings. The van der Waals surface area contributed by atoms with E-state index in [1.807, 2.05) is 19.0 Å². The first-order chi connectivity index (χ1) is 11.1. The molecule has 1 aliphatic rings. The molecule has 3 rings (SSSR count). The molecule has 0 aromatic carbocycles. The molecule has 0 unspecified atom stereocenters. The lowest BCUT2D eigenvalue weighted by Gasteiger charge is -2.32. The van der Waals surface area contributed by atoms with E-state index in [1.165, 1.54) is 6.20 Å². The Morgan fingerprint density at radius 3 is 2.91 bits per heavy atom. The van der Waals surface area contributed by atoms with Crippen molar-refractivity contribution in [3.05, 3.63) is 30.4 Å². The van der Waals surface area contributed by atoms with Gasteiger partial charge >= 0.3 is 0 Å². The van der Waals surface area contributed by atoms with Crippen LogP contribution in [-0.4, -0.2) is 59.2 Å². The molecule has 0 radical (unpaired) electrons. The fraction of sp³-hybridized carbons (Fsp3) is 0.467. The van der Waals surface area contributed by atoms with Crippen LogP contribution in [0.5, 0.6) is 5.88 Å². The quantitative estimate of drug-likeness (QED) is 0.838. The summed E-state index contributed by atoms with van der Waals surface area (Å²) in [4.78, 5) is 24.4. The number of piperidine rings is 1. The van der Waals surface area contributed by atoms with E-state index in [1.54, 1.807) is 23.4 Å². The number of anilines is 1. The Balaban J connectivity index is 1.69. The van der Waals surface area contributed by atoms with Gasteiger partial charge in [0, 0.05) is 39.1 Å². The molecule has 1 aliphatic heterocycles. The second kappa shape index (κ2) is 6.64. The third-order valence-corrected chi connectivity index (χ3v) is 3.66. The van der Waals surface area contributed by atoms with Crippen molar-refractivity contribution in [1.29, 1.82) is 0 Å². The van der Waals surface area contributed by atoms with Crippen LogP contribution in [-0.2, 0) is 0 Å². The summed E-state index contributed by atoms with van der Waals surface area (Å²) in [5.41, 5.74) is 0. The smallest absolute Gasteiger partial charge is 0.292 e. The third-order valence-electron chi connectivity index (χ3n) is 3.66. The largest absolute Gasteiger partial charge is 0.470 e. The van der Waals surface area contributed by atoms with Crippen molar-refractivity contribution in [2.75, 3.05) is 32.1 Å². The first-order valence-electron chi connectivity index (χ1n) is 7.50. The molecule has 1 saturated heterocycles. The summed E-state index contributed by atoms with van der Waals surface area (Å²) in [7, 11) is 3.77. The van der Waals surface area contributed by atoms with Gasteiger partial charge in [-0.1, -0.05) is 5.16 Å². The van der Waals surface area contributed by atoms with E-state index in [9.17, 15) is 4.79 Å². The fourth-order valence-electron chi connectivity index (χ4n) is 2.57. The lowest BCUT2D eigenvalue weighted by Crippen LogP contribution is -2.44. The predicted molar refractivity (Wildman–Crippen MR) is 82.4 cm³/mol. The maximum atomic E-state index is 12.3. The molecular formula is C15H19N5O3. The van der Waals surface area contributed by atoms with Crippen LogP contribution in [0, 0.1) is 0 Å². The minimum Gasteiger partial charge on any atom is -0.470 e. The first kappa shape index (κ1) is 15.3. The summed E-state index contributed by atoms with van der Waals surface area (Å²) in [5.74, 6) is 1.24. The van der Waals surface area contributed by atoms with Crippen LogP contribution in [0.1, 0.15) is 23.4 Å². The van der Waals surface area contributed by atoms with Gasteiger partial charge in [0.15, 0.2) is 5.82 Å².